The predicted octanol–water partition coefficient (Wildman–Crippen LogP) is 0.517. The molecule has 3 rings (SSSR count). The summed E-state index contributed by atoms with van der Waals surface area (Å²) < 4.78 is 5.31. The SMILES string of the molecule is O=C(O)C1=CC=c2cc3c(cc2O1)=NC=CC3. The average Bonchev–Trinajstić information content (AvgIpc) is 2.35. The summed E-state index contributed by atoms with van der Waals surface area (Å²) in [5.41, 5.74) is 1.12. The minimum absolute atomic E-state index is 0.0659. The van der Waals surface area contributed by atoms with Crippen molar-refractivity contribution in [3.8, 4) is 5.75 Å². The first-order valence-electron chi connectivity index (χ1n) is 5.23. The van der Waals surface area contributed by atoms with Gasteiger partial charge in [-0.3, -0.25) is 4.99 Å². The summed E-state index contributed by atoms with van der Waals surface area (Å²) in [4.78, 5) is 15.0. The van der Waals surface area contributed by atoms with Crippen LogP contribution in [-0.2, 0) is 11.2 Å². The molecule has 1 aromatic rings. The zero-order valence-electron chi connectivity index (χ0n) is 8.88. The number of fused-ring (bicyclic) bond motifs is 2. The molecule has 2 aliphatic rings. The summed E-state index contributed by atoms with van der Waals surface area (Å²) >= 11 is 0. The standard InChI is InChI=1S/C13H9NO3/c15-13(16)11-4-3-9-6-8-2-1-5-14-10(8)7-12(9)17-11/h1,3-7H,2H2,(H,15,16). The van der Waals surface area contributed by atoms with Crippen molar-refractivity contribution >= 4 is 12.0 Å². The lowest BCUT2D eigenvalue weighted by Crippen LogP contribution is -2.23. The van der Waals surface area contributed by atoms with Gasteiger partial charge in [-0.15, -0.1) is 0 Å². The third-order valence-electron chi connectivity index (χ3n) is 2.71. The number of benzene rings is 1. The molecule has 2 heterocycles. The molecule has 0 amide bonds. The number of rotatable bonds is 1. The Morgan fingerprint density at radius 3 is 3.06 bits per heavy atom. The van der Waals surface area contributed by atoms with Crippen LogP contribution in [0.5, 0.6) is 5.75 Å². The largest absolute Gasteiger partial charge is 0.475 e. The molecule has 4 heteroatoms. The number of hydrogen-bond donors (Lipinski definition) is 1. The number of carboxylic acid groups (broad SMARTS) is 1. The second kappa shape index (κ2) is 3.59. The maximum Gasteiger partial charge on any atom is 0.371 e. The summed E-state index contributed by atoms with van der Waals surface area (Å²) in [6.45, 7) is 0. The van der Waals surface area contributed by atoms with Crippen molar-refractivity contribution in [2.75, 3.05) is 0 Å². The molecule has 0 spiro atoms. The highest BCUT2D eigenvalue weighted by Gasteiger charge is 2.14. The van der Waals surface area contributed by atoms with Gasteiger partial charge >= 0.3 is 5.97 Å². The van der Waals surface area contributed by atoms with Crippen LogP contribution in [-0.4, -0.2) is 11.1 Å². The number of carboxylic acids is 1. The molecule has 2 aliphatic heterocycles. The van der Waals surface area contributed by atoms with Crippen LogP contribution >= 0.6 is 0 Å². The quantitative estimate of drug-likeness (QED) is 0.760. The van der Waals surface area contributed by atoms with E-state index in [1.165, 1.54) is 6.08 Å². The number of nitrogens with zero attached hydrogens (tertiary/aromatic N) is 1. The van der Waals surface area contributed by atoms with Crippen LogP contribution in [0.2, 0.25) is 0 Å². The molecule has 0 bridgehead atoms. The van der Waals surface area contributed by atoms with E-state index in [-0.39, 0.29) is 5.76 Å². The first-order chi connectivity index (χ1) is 8.24. The Bertz CT molecular complexity index is 683. The van der Waals surface area contributed by atoms with Crippen LogP contribution in [0, 0.1) is 0 Å². The van der Waals surface area contributed by atoms with E-state index in [0.29, 0.717) is 5.75 Å². The lowest BCUT2D eigenvalue weighted by molar-refractivity contribution is -0.135. The van der Waals surface area contributed by atoms with Gasteiger partial charge in [0.2, 0.25) is 5.76 Å². The first-order valence-corrected chi connectivity index (χ1v) is 5.23. The molecule has 1 N–H and O–H groups in total. The second-order valence-corrected chi connectivity index (χ2v) is 3.84. The molecule has 17 heavy (non-hydrogen) atoms. The Morgan fingerprint density at radius 1 is 1.35 bits per heavy atom. The zero-order valence-corrected chi connectivity index (χ0v) is 8.88. The van der Waals surface area contributed by atoms with Gasteiger partial charge in [-0.25, -0.2) is 4.79 Å². The molecule has 0 radical (unpaired) electrons. The first kappa shape index (κ1) is 9.84. The van der Waals surface area contributed by atoms with E-state index in [4.69, 9.17) is 9.84 Å². The van der Waals surface area contributed by atoms with Crippen LogP contribution in [0.3, 0.4) is 0 Å². The smallest absolute Gasteiger partial charge is 0.371 e. The molecule has 0 fully saturated rings. The molecule has 4 nitrogen and oxygen atoms in total. The summed E-state index contributed by atoms with van der Waals surface area (Å²) in [5, 5.41) is 10.6. The van der Waals surface area contributed by atoms with Gasteiger partial charge in [0, 0.05) is 17.5 Å². The Morgan fingerprint density at radius 2 is 2.24 bits per heavy atom. The Labute approximate surface area is 96.9 Å². The minimum atomic E-state index is -1.07. The van der Waals surface area contributed by atoms with Gasteiger partial charge in [0.25, 0.3) is 0 Å². The van der Waals surface area contributed by atoms with Crippen LogP contribution in [0.1, 0.15) is 5.56 Å². The fraction of sp³-hybridized carbons (Fsp3) is 0.0769. The van der Waals surface area contributed by atoms with Gasteiger partial charge in [0.1, 0.15) is 5.75 Å². The lowest BCUT2D eigenvalue weighted by atomic mass is 10.1. The topological polar surface area (TPSA) is 58.9 Å². The Balaban J connectivity index is 2.18. The van der Waals surface area contributed by atoms with Gasteiger partial charge in [0.15, 0.2) is 0 Å². The van der Waals surface area contributed by atoms with E-state index in [1.54, 1.807) is 18.3 Å². The molecular weight excluding hydrogens is 218 g/mol. The fourth-order valence-corrected chi connectivity index (χ4v) is 1.88. The number of carbonyl (C=O) groups is 1. The van der Waals surface area contributed by atoms with Gasteiger partial charge in [-0.05, 0) is 30.2 Å². The highest BCUT2D eigenvalue weighted by Crippen LogP contribution is 2.13. The summed E-state index contributed by atoms with van der Waals surface area (Å²) in [6.07, 6.45) is 7.79. The number of hydrogen-bond acceptors (Lipinski definition) is 3. The normalized spacial score (nSPS) is 15.6. The monoisotopic (exact) mass is 227 g/mol. The van der Waals surface area contributed by atoms with E-state index >= 15 is 0 Å². The van der Waals surface area contributed by atoms with Gasteiger partial charge < -0.3 is 9.84 Å². The van der Waals surface area contributed by atoms with Gasteiger partial charge in [0.05, 0.1) is 5.36 Å². The molecule has 0 aromatic heterocycles. The highest BCUT2D eigenvalue weighted by atomic mass is 16.5. The average molecular weight is 227 g/mol. The van der Waals surface area contributed by atoms with Crippen molar-refractivity contribution in [3.63, 3.8) is 0 Å². The van der Waals surface area contributed by atoms with Gasteiger partial charge in [-0.1, -0.05) is 6.08 Å². The van der Waals surface area contributed by atoms with Crippen LogP contribution in [0.25, 0.3) is 6.08 Å². The molecule has 84 valence electrons. The molecule has 0 saturated carbocycles. The van der Waals surface area contributed by atoms with Crippen LogP contribution in [0.15, 0.2) is 41.2 Å². The summed E-state index contributed by atoms with van der Waals surface area (Å²) in [7, 11) is 0. The number of aliphatic carboxylic acids is 1. The Kier molecular flexibility index (Phi) is 2.08. The van der Waals surface area contributed by atoms with E-state index in [2.05, 4.69) is 4.99 Å². The maximum absolute atomic E-state index is 10.8. The minimum Gasteiger partial charge on any atom is -0.475 e. The highest BCUT2D eigenvalue weighted by molar-refractivity contribution is 5.87. The van der Waals surface area contributed by atoms with Crippen molar-refractivity contribution in [2.24, 2.45) is 4.99 Å². The predicted molar refractivity (Wildman–Crippen MR) is 60.9 cm³/mol. The number of allylic oxidation sites excluding steroid dienone is 2. The molecule has 0 saturated heterocycles. The van der Waals surface area contributed by atoms with Crippen molar-refractivity contribution < 1.29 is 14.6 Å². The lowest BCUT2D eigenvalue weighted by Gasteiger charge is -2.12. The van der Waals surface area contributed by atoms with Gasteiger partial charge in [-0.2, -0.15) is 0 Å². The third kappa shape index (κ3) is 1.63. The Hall–Kier alpha value is -2.36. The van der Waals surface area contributed by atoms with Crippen molar-refractivity contribution in [1.82, 2.24) is 0 Å². The van der Waals surface area contributed by atoms with E-state index in [0.717, 1.165) is 22.6 Å². The fourth-order valence-electron chi connectivity index (χ4n) is 1.88. The zero-order chi connectivity index (χ0) is 11.8. The molecule has 0 aliphatic carbocycles. The van der Waals surface area contributed by atoms with E-state index in [1.807, 2.05) is 12.1 Å². The second-order valence-electron chi connectivity index (χ2n) is 3.84. The molecule has 0 unspecified atom stereocenters. The molecule has 1 aromatic carbocycles. The summed E-state index contributed by atoms with van der Waals surface area (Å²) in [6, 6.07) is 3.76. The third-order valence-corrected chi connectivity index (χ3v) is 2.71. The van der Waals surface area contributed by atoms with Crippen molar-refractivity contribution in [1.29, 1.82) is 0 Å². The maximum atomic E-state index is 10.8. The molecule has 0 atom stereocenters. The van der Waals surface area contributed by atoms with Crippen molar-refractivity contribution in [3.05, 3.63) is 52.4 Å². The van der Waals surface area contributed by atoms with Crippen LogP contribution in [0.4, 0.5) is 0 Å². The van der Waals surface area contributed by atoms with E-state index < -0.39 is 5.97 Å². The van der Waals surface area contributed by atoms with Crippen molar-refractivity contribution in [2.45, 2.75) is 6.42 Å². The number of ether oxygens (including phenoxy) is 1. The molecular formula is C13H9NO3. The van der Waals surface area contributed by atoms with E-state index in [9.17, 15) is 4.79 Å². The summed E-state index contributed by atoms with van der Waals surface area (Å²) in [5.74, 6) is -0.590. The van der Waals surface area contributed by atoms with Crippen LogP contribution < -0.4 is 15.3 Å².